The molecule has 2 heterocycles. The lowest BCUT2D eigenvalue weighted by atomic mass is 9.84. The Balaban J connectivity index is 1.68. The van der Waals surface area contributed by atoms with Crippen molar-refractivity contribution in [3.05, 3.63) is 29.8 Å². The van der Waals surface area contributed by atoms with Gasteiger partial charge in [-0.2, -0.15) is 0 Å². The molecule has 21 heavy (non-hydrogen) atoms. The Morgan fingerprint density at radius 3 is 2.76 bits per heavy atom. The minimum Gasteiger partial charge on any atom is -0.311 e. The first kappa shape index (κ1) is 15.4. The highest BCUT2D eigenvalue weighted by molar-refractivity contribution is 8.00. The minimum absolute atomic E-state index is 0.337. The summed E-state index contributed by atoms with van der Waals surface area (Å²) in [5.41, 5.74) is 1.88. The van der Waals surface area contributed by atoms with E-state index in [1.807, 2.05) is 0 Å². The molecule has 2 aliphatic rings. The monoisotopic (exact) mass is 304 g/mol. The summed E-state index contributed by atoms with van der Waals surface area (Å²) in [7, 11) is 0. The molecule has 3 atom stereocenters. The lowest BCUT2D eigenvalue weighted by Crippen LogP contribution is -2.60. The number of thioether (sulfide) groups is 1. The third-order valence-electron chi connectivity index (χ3n) is 4.76. The molecule has 0 radical (unpaired) electrons. The Morgan fingerprint density at radius 1 is 1.29 bits per heavy atom. The van der Waals surface area contributed by atoms with E-state index in [4.69, 9.17) is 0 Å². The summed E-state index contributed by atoms with van der Waals surface area (Å²) in [6.07, 6.45) is 1.23. The summed E-state index contributed by atoms with van der Waals surface area (Å²) in [5, 5.41) is 4.38. The summed E-state index contributed by atoms with van der Waals surface area (Å²) < 4.78 is 0. The van der Waals surface area contributed by atoms with E-state index in [2.05, 4.69) is 73.9 Å². The molecule has 3 rings (SSSR count). The Labute approximate surface area is 133 Å². The zero-order valence-corrected chi connectivity index (χ0v) is 14.5. The summed E-state index contributed by atoms with van der Waals surface area (Å²) in [6.45, 7) is 12.9. The normalized spacial score (nSPS) is 30.4. The quantitative estimate of drug-likeness (QED) is 0.901. The maximum absolute atomic E-state index is 3.66. The number of fused-ring (bicyclic) bond motifs is 1. The van der Waals surface area contributed by atoms with Crippen molar-refractivity contribution >= 4 is 11.8 Å². The highest BCUT2D eigenvalue weighted by Crippen LogP contribution is 2.38. The van der Waals surface area contributed by atoms with Gasteiger partial charge in [-0.15, -0.1) is 11.8 Å². The number of nitrogens with one attached hydrogen (secondary N) is 1. The molecule has 1 aromatic carbocycles. The second-order valence-electron chi connectivity index (χ2n) is 7.70. The molecule has 116 valence electrons. The predicted molar refractivity (Wildman–Crippen MR) is 92.1 cm³/mol. The molecular formula is C18H28N2S. The van der Waals surface area contributed by atoms with E-state index in [0.29, 0.717) is 17.5 Å². The van der Waals surface area contributed by atoms with E-state index in [-0.39, 0.29) is 0 Å². The van der Waals surface area contributed by atoms with E-state index in [1.165, 1.54) is 24.4 Å². The third-order valence-corrected chi connectivity index (χ3v) is 6.06. The fourth-order valence-corrected chi connectivity index (χ4v) is 5.01. The number of piperazine rings is 1. The molecule has 2 aliphatic heterocycles. The Bertz CT molecular complexity index is 469. The van der Waals surface area contributed by atoms with Gasteiger partial charge in [-0.3, -0.25) is 4.90 Å². The predicted octanol–water partition coefficient (Wildman–Crippen LogP) is 3.41. The van der Waals surface area contributed by atoms with Gasteiger partial charge in [-0.1, -0.05) is 39.0 Å². The molecule has 1 saturated heterocycles. The highest BCUT2D eigenvalue weighted by Gasteiger charge is 2.36. The van der Waals surface area contributed by atoms with Crippen LogP contribution in [0.1, 0.15) is 33.3 Å². The Hall–Kier alpha value is -0.510. The number of rotatable bonds is 2. The van der Waals surface area contributed by atoms with Crippen LogP contribution in [0, 0.1) is 5.41 Å². The maximum Gasteiger partial charge on any atom is 0.0270 e. The van der Waals surface area contributed by atoms with Crippen molar-refractivity contribution in [3.63, 3.8) is 0 Å². The van der Waals surface area contributed by atoms with Crippen molar-refractivity contribution in [1.82, 2.24) is 10.2 Å². The second-order valence-corrected chi connectivity index (χ2v) is 9.04. The maximum atomic E-state index is 3.66. The van der Waals surface area contributed by atoms with Crippen molar-refractivity contribution < 1.29 is 0 Å². The van der Waals surface area contributed by atoms with Gasteiger partial charge in [0.05, 0.1) is 0 Å². The number of benzene rings is 1. The van der Waals surface area contributed by atoms with Gasteiger partial charge >= 0.3 is 0 Å². The third kappa shape index (κ3) is 3.46. The van der Waals surface area contributed by atoms with Crippen LogP contribution in [0.5, 0.6) is 0 Å². The molecule has 2 nitrogen and oxygen atoms in total. The van der Waals surface area contributed by atoms with E-state index < -0.39 is 0 Å². The molecule has 0 aromatic heterocycles. The number of hydrogen-bond acceptors (Lipinski definition) is 3. The first-order valence-corrected chi connectivity index (χ1v) is 9.03. The highest BCUT2D eigenvalue weighted by atomic mass is 32.2. The van der Waals surface area contributed by atoms with Crippen LogP contribution in [-0.4, -0.2) is 41.9 Å². The zero-order valence-electron chi connectivity index (χ0n) is 13.7. The lowest BCUT2D eigenvalue weighted by molar-refractivity contribution is 0.0597. The smallest absolute Gasteiger partial charge is 0.0270 e. The van der Waals surface area contributed by atoms with Crippen molar-refractivity contribution in [2.45, 2.75) is 56.3 Å². The molecule has 3 heteroatoms. The molecule has 1 N–H and O–H groups in total. The van der Waals surface area contributed by atoms with Gasteiger partial charge in [0, 0.05) is 41.9 Å². The summed E-state index contributed by atoms with van der Waals surface area (Å²) in [6, 6.07) is 10.2. The summed E-state index contributed by atoms with van der Waals surface area (Å²) >= 11 is 2.08. The fraction of sp³-hybridized carbons (Fsp3) is 0.667. The molecule has 3 unspecified atom stereocenters. The van der Waals surface area contributed by atoms with Gasteiger partial charge < -0.3 is 5.32 Å². The molecule has 1 fully saturated rings. The van der Waals surface area contributed by atoms with E-state index in [1.54, 1.807) is 5.56 Å². The van der Waals surface area contributed by atoms with Crippen LogP contribution in [0.25, 0.3) is 0 Å². The van der Waals surface area contributed by atoms with Crippen LogP contribution >= 0.6 is 11.8 Å². The summed E-state index contributed by atoms with van der Waals surface area (Å²) in [4.78, 5) is 4.24. The van der Waals surface area contributed by atoms with Crippen LogP contribution in [0.4, 0.5) is 0 Å². The van der Waals surface area contributed by atoms with Crippen LogP contribution in [-0.2, 0) is 6.42 Å². The zero-order chi connectivity index (χ0) is 15.0. The van der Waals surface area contributed by atoms with Crippen molar-refractivity contribution in [2.24, 2.45) is 5.41 Å². The van der Waals surface area contributed by atoms with Crippen LogP contribution in [0.3, 0.4) is 0 Å². The molecule has 0 amide bonds. The molecule has 1 aromatic rings. The van der Waals surface area contributed by atoms with Crippen molar-refractivity contribution in [2.75, 3.05) is 19.6 Å². The minimum atomic E-state index is 0.337. The second kappa shape index (κ2) is 5.94. The number of hydrogen-bond donors (Lipinski definition) is 1. The van der Waals surface area contributed by atoms with Crippen LogP contribution < -0.4 is 5.32 Å². The van der Waals surface area contributed by atoms with Gasteiger partial charge in [0.1, 0.15) is 0 Å². The molecule has 0 saturated carbocycles. The van der Waals surface area contributed by atoms with Gasteiger partial charge in [-0.05, 0) is 30.4 Å². The SMILES string of the molecule is CC1CN(CC2Cc3ccccc3S2)C(C(C)(C)C)CN1. The van der Waals surface area contributed by atoms with Crippen LogP contribution in [0.2, 0.25) is 0 Å². The van der Waals surface area contributed by atoms with Gasteiger partial charge in [-0.25, -0.2) is 0 Å². The van der Waals surface area contributed by atoms with E-state index in [0.717, 1.165) is 11.8 Å². The average molecular weight is 305 g/mol. The van der Waals surface area contributed by atoms with Crippen molar-refractivity contribution in [1.29, 1.82) is 0 Å². The molecule has 0 aliphatic carbocycles. The first-order chi connectivity index (χ1) is 9.93. The van der Waals surface area contributed by atoms with Gasteiger partial charge in [0.25, 0.3) is 0 Å². The standard InChI is InChI=1S/C18H28N2S/c1-13-11-20(17(10-19-13)18(2,3)4)12-15-9-14-7-5-6-8-16(14)21-15/h5-8,13,15,17,19H,9-12H2,1-4H3. The topological polar surface area (TPSA) is 15.3 Å². The average Bonchev–Trinajstić information content (AvgIpc) is 2.79. The molecular weight excluding hydrogens is 276 g/mol. The first-order valence-electron chi connectivity index (χ1n) is 8.15. The lowest BCUT2D eigenvalue weighted by Gasteiger charge is -2.46. The van der Waals surface area contributed by atoms with E-state index in [9.17, 15) is 0 Å². The van der Waals surface area contributed by atoms with Gasteiger partial charge in [0.15, 0.2) is 0 Å². The Kier molecular flexibility index (Phi) is 4.35. The van der Waals surface area contributed by atoms with Gasteiger partial charge in [0.2, 0.25) is 0 Å². The number of nitrogens with zero attached hydrogens (tertiary/aromatic N) is 1. The molecule has 0 bridgehead atoms. The van der Waals surface area contributed by atoms with Crippen molar-refractivity contribution in [3.8, 4) is 0 Å². The Morgan fingerprint density at radius 2 is 2.05 bits per heavy atom. The van der Waals surface area contributed by atoms with Crippen LogP contribution in [0.15, 0.2) is 29.2 Å². The molecule has 0 spiro atoms. The van der Waals surface area contributed by atoms with E-state index >= 15 is 0 Å². The fourth-order valence-electron chi connectivity index (χ4n) is 3.66. The summed E-state index contributed by atoms with van der Waals surface area (Å²) in [5.74, 6) is 0. The largest absolute Gasteiger partial charge is 0.311 e.